The van der Waals surface area contributed by atoms with E-state index in [1.54, 1.807) is 6.20 Å². The van der Waals surface area contributed by atoms with Crippen molar-refractivity contribution in [1.29, 1.82) is 0 Å². The van der Waals surface area contributed by atoms with Gasteiger partial charge in [0.15, 0.2) is 0 Å². The summed E-state index contributed by atoms with van der Waals surface area (Å²) in [4.78, 5) is 6.66. The number of rotatable bonds is 2. The number of aliphatic hydroxyl groups is 1. The molecule has 100 valence electrons. The summed E-state index contributed by atoms with van der Waals surface area (Å²) in [5, 5.41) is 11.0. The predicted octanol–water partition coefficient (Wildman–Crippen LogP) is 3.47. The Balaban J connectivity index is 2.09. The van der Waals surface area contributed by atoms with Gasteiger partial charge in [-0.2, -0.15) is 0 Å². The summed E-state index contributed by atoms with van der Waals surface area (Å²) in [6, 6.07) is 5.93. The van der Waals surface area contributed by atoms with Crippen molar-refractivity contribution < 1.29 is 5.11 Å². The molecule has 0 aliphatic carbocycles. The third-order valence-electron chi connectivity index (χ3n) is 3.62. The summed E-state index contributed by atoms with van der Waals surface area (Å²) >= 11 is 9.73. The van der Waals surface area contributed by atoms with Crippen LogP contribution in [0.2, 0.25) is 5.02 Å². The van der Waals surface area contributed by atoms with E-state index in [1.807, 2.05) is 12.1 Å². The first-order valence-electron chi connectivity index (χ1n) is 6.28. The fraction of sp³-hybridized carbons (Fsp3) is 0.357. The number of hydrogen-bond donors (Lipinski definition) is 1. The van der Waals surface area contributed by atoms with Crippen molar-refractivity contribution in [1.82, 2.24) is 4.98 Å². The third-order valence-corrected chi connectivity index (χ3v) is 4.37. The van der Waals surface area contributed by atoms with Crippen molar-refractivity contribution in [2.24, 2.45) is 5.92 Å². The second-order valence-electron chi connectivity index (χ2n) is 4.90. The van der Waals surface area contributed by atoms with E-state index in [2.05, 4.69) is 31.9 Å². The molecule has 1 N–H and O–H groups in total. The van der Waals surface area contributed by atoms with Crippen LogP contribution in [-0.4, -0.2) is 29.8 Å². The van der Waals surface area contributed by atoms with Gasteiger partial charge in [-0.05, 0) is 24.6 Å². The number of halogens is 2. The summed E-state index contributed by atoms with van der Waals surface area (Å²) in [6.07, 6.45) is 2.83. The molecule has 1 aliphatic heterocycles. The highest BCUT2D eigenvalue weighted by Crippen LogP contribution is 2.34. The number of fused-ring (bicyclic) bond motifs is 1. The first-order chi connectivity index (χ1) is 9.19. The molecule has 3 nitrogen and oxygen atoms in total. The van der Waals surface area contributed by atoms with Gasteiger partial charge in [-0.15, -0.1) is 0 Å². The lowest BCUT2D eigenvalue weighted by atomic mass is 10.1. The smallest absolute Gasteiger partial charge is 0.0909 e. The van der Waals surface area contributed by atoms with Crippen molar-refractivity contribution in [3.63, 3.8) is 0 Å². The monoisotopic (exact) mass is 340 g/mol. The van der Waals surface area contributed by atoms with Crippen LogP contribution in [0.3, 0.4) is 0 Å². The lowest BCUT2D eigenvalue weighted by molar-refractivity contribution is 0.238. The molecule has 1 saturated heterocycles. The van der Waals surface area contributed by atoms with Gasteiger partial charge < -0.3 is 10.0 Å². The minimum absolute atomic E-state index is 0.254. The highest BCUT2D eigenvalue weighted by molar-refractivity contribution is 9.10. The van der Waals surface area contributed by atoms with Crippen molar-refractivity contribution in [2.45, 2.75) is 6.42 Å². The van der Waals surface area contributed by atoms with Crippen LogP contribution < -0.4 is 4.90 Å². The van der Waals surface area contributed by atoms with E-state index >= 15 is 0 Å². The average Bonchev–Trinajstić information content (AvgIpc) is 2.86. The molecule has 1 atom stereocenters. The van der Waals surface area contributed by atoms with Gasteiger partial charge in [0.1, 0.15) is 0 Å². The minimum atomic E-state index is 0.254. The molecule has 0 saturated carbocycles. The second-order valence-corrected chi connectivity index (χ2v) is 6.22. The van der Waals surface area contributed by atoms with Gasteiger partial charge in [0.2, 0.25) is 0 Å². The highest BCUT2D eigenvalue weighted by atomic mass is 79.9. The Morgan fingerprint density at radius 3 is 3.05 bits per heavy atom. The first kappa shape index (κ1) is 13.2. The SMILES string of the molecule is OCC1CCN(c2ccnc3c(Cl)cc(Br)cc23)C1. The van der Waals surface area contributed by atoms with Gasteiger partial charge in [0.05, 0.1) is 10.5 Å². The van der Waals surface area contributed by atoms with Gasteiger partial charge in [-0.3, -0.25) is 4.98 Å². The quantitative estimate of drug-likeness (QED) is 0.908. The Morgan fingerprint density at radius 1 is 1.47 bits per heavy atom. The van der Waals surface area contributed by atoms with E-state index in [0.717, 1.165) is 40.6 Å². The standard InChI is InChI=1S/C14H14BrClN2O/c15-10-5-11-13(18-4-2-9(7-18)8-19)1-3-17-14(11)12(16)6-10/h1,3,5-6,9,19H,2,4,7-8H2. The maximum absolute atomic E-state index is 9.26. The predicted molar refractivity (Wildman–Crippen MR) is 81.9 cm³/mol. The lowest BCUT2D eigenvalue weighted by Crippen LogP contribution is -2.20. The van der Waals surface area contributed by atoms with Gasteiger partial charge in [0.25, 0.3) is 0 Å². The molecule has 3 rings (SSSR count). The Kier molecular flexibility index (Phi) is 3.65. The fourth-order valence-electron chi connectivity index (χ4n) is 2.64. The number of hydrogen-bond acceptors (Lipinski definition) is 3. The molecule has 2 aromatic rings. The van der Waals surface area contributed by atoms with Crippen molar-refractivity contribution in [3.8, 4) is 0 Å². The molecule has 19 heavy (non-hydrogen) atoms. The van der Waals surface area contributed by atoms with E-state index in [1.165, 1.54) is 0 Å². The Hall–Kier alpha value is -0.840. The third kappa shape index (κ3) is 2.45. The van der Waals surface area contributed by atoms with Crippen LogP contribution in [0, 0.1) is 5.92 Å². The maximum atomic E-state index is 9.26. The summed E-state index contributed by atoms with van der Waals surface area (Å²) < 4.78 is 0.956. The number of aromatic nitrogens is 1. The van der Waals surface area contributed by atoms with Gasteiger partial charge >= 0.3 is 0 Å². The number of anilines is 1. The zero-order valence-corrected chi connectivity index (χ0v) is 12.7. The topological polar surface area (TPSA) is 36.4 Å². The number of aliphatic hydroxyl groups excluding tert-OH is 1. The first-order valence-corrected chi connectivity index (χ1v) is 7.45. The highest BCUT2D eigenvalue weighted by Gasteiger charge is 2.23. The Morgan fingerprint density at radius 2 is 2.32 bits per heavy atom. The summed E-state index contributed by atoms with van der Waals surface area (Å²) in [7, 11) is 0. The van der Waals surface area contributed by atoms with E-state index in [0.29, 0.717) is 10.9 Å². The summed E-state index contributed by atoms with van der Waals surface area (Å²) in [6.45, 7) is 2.11. The number of nitrogens with zero attached hydrogens (tertiary/aromatic N) is 2. The van der Waals surface area contributed by atoms with E-state index < -0.39 is 0 Å². The largest absolute Gasteiger partial charge is 0.396 e. The average molecular weight is 342 g/mol. The van der Waals surface area contributed by atoms with Crippen LogP contribution in [0.5, 0.6) is 0 Å². The molecule has 1 unspecified atom stereocenters. The Bertz CT molecular complexity index is 620. The van der Waals surface area contributed by atoms with Crippen LogP contribution >= 0.6 is 27.5 Å². The van der Waals surface area contributed by atoms with Crippen LogP contribution in [-0.2, 0) is 0 Å². The molecule has 1 aromatic carbocycles. The zero-order chi connectivity index (χ0) is 13.4. The molecule has 1 aliphatic rings. The normalized spacial score (nSPS) is 19.3. The lowest BCUT2D eigenvalue weighted by Gasteiger charge is -2.20. The van der Waals surface area contributed by atoms with Gasteiger partial charge in [0, 0.05) is 47.4 Å². The van der Waals surface area contributed by atoms with Crippen LogP contribution in [0.4, 0.5) is 5.69 Å². The Labute approximate surface area is 125 Å². The second kappa shape index (κ2) is 5.27. The number of benzene rings is 1. The van der Waals surface area contributed by atoms with Gasteiger partial charge in [-0.1, -0.05) is 27.5 Å². The molecule has 1 fully saturated rings. The molecule has 0 bridgehead atoms. The van der Waals surface area contributed by atoms with Crippen molar-refractivity contribution >= 4 is 44.1 Å². The van der Waals surface area contributed by atoms with Gasteiger partial charge in [-0.25, -0.2) is 0 Å². The van der Waals surface area contributed by atoms with Crippen LogP contribution in [0.25, 0.3) is 10.9 Å². The van der Waals surface area contributed by atoms with Crippen LogP contribution in [0.15, 0.2) is 28.9 Å². The zero-order valence-electron chi connectivity index (χ0n) is 10.3. The molecule has 1 aromatic heterocycles. The molecule has 0 amide bonds. The molecular formula is C14H14BrClN2O. The molecule has 0 spiro atoms. The van der Waals surface area contributed by atoms with Crippen LogP contribution in [0.1, 0.15) is 6.42 Å². The fourth-order valence-corrected chi connectivity index (χ4v) is 3.50. The number of pyridine rings is 1. The molecule has 5 heteroatoms. The minimum Gasteiger partial charge on any atom is -0.396 e. The van der Waals surface area contributed by atoms with E-state index in [-0.39, 0.29) is 6.61 Å². The van der Waals surface area contributed by atoms with Crippen molar-refractivity contribution in [3.05, 3.63) is 33.9 Å². The summed E-state index contributed by atoms with van der Waals surface area (Å²) in [5.74, 6) is 0.367. The molecule has 0 radical (unpaired) electrons. The molecule has 2 heterocycles. The maximum Gasteiger partial charge on any atom is 0.0909 e. The van der Waals surface area contributed by atoms with E-state index in [9.17, 15) is 5.11 Å². The van der Waals surface area contributed by atoms with Crippen molar-refractivity contribution in [2.75, 3.05) is 24.6 Å². The van der Waals surface area contributed by atoms with E-state index in [4.69, 9.17) is 11.6 Å². The molecular weight excluding hydrogens is 328 g/mol. The summed E-state index contributed by atoms with van der Waals surface area (Å²) in [5.41, 5.74) is 1.97.